The first-order chi connectivity index (χ1) is 7.27. The summed E-state index contributed by atoms with van der Waals surface area (Å²) in [6.07, 6.45) is 2.25. The van der Waals surface area contributed by atoms with E-state index in [1.54, 1.807) is 0 Å². The lowest BCUT2D eigenvalue weighted by molar-refractivity contribution is -0.131. The van der Waals surface area contributed by atoms with E-state index in [4.69, 9.17) is 0 Å². The van der Waals surface area contributed by atoms with E-state index in [0.717, 1.165) is 13.0 Å². The fraction of sp³-hybridized carbons (Fsp3) is 0.929. The Hall–Kier alpha value is -0.370. The molecular weight excluding hydrogens is 198 g/mol. The van der Waals surface area contributed by atoms with Gasteiger partial charge >= 0.3 is 0 Å². The fourth-order valence-electron chi connectivity index (χ4n) is 2.58. The normalized spacial score (nSPS) is 27.7. The Balaban J connectivity index is 2.81. The first-order valence-electron chi connectivity index (χ1n) is 6.57. The maximum atomic E-state index is 12.4. The maximum Gasteiger partial charge on any atom is 0.155 e. The zero-order valence-corrected chi connectivity index (χ0v) is 11.7. The molecule has 2 nitrogen and oxygen atoms in total. The predicted molar refractivity (Wildman–Crippen MR) is 68.5 cm³/mol. The molecule has 1 aliphatic heterocycles. The average Bonchev–Trinajstić information content (AvgIpc) is 2.58. The van der Waals surface area contributed by atoms with Crippen LogP contribution in [0.2, 0.25) is 0 Å². The SMILES string of the molecule is CC[C@@H]1CC(C(=O)C(C)(C)C)N(C(C)C)C1. The van der Waals surface area contributed by atoms with E-state index in [2.05, 4.69) is 25.7 Å². The number of carbonyl (C=O) groups is 1. The molecule has 0 aromatic carbocycles. The second kappa shape index (κ2) is 4.87. The van der Waals surface area contributed by atoms with Crippen LogP contribution in [0.15, 0.2) is 0 Å². The van der Waals surface area contributed by atoms with Gasteiger partial charge in [0.2, 0.25) is 0 Å². The fourth-order valence-corrected chi connectivity index (χ4v) is 2.58. The zero-order valence-electron chi connectivity index (χ0n) is 11.7. The van der Waals surface area contributed by atoms with Gasteiger partial charge in [0.05, 0.1) is 6.04 Å². The highest BCUT2D eigenvalue weighted by molar-refractivity contribution is 5.89. The molecule has 1 fully saturated rings. The Morgan fingerprint density at radius 3 is 2.31 bits per heavy atom. The van der Waals surface area contributed by atoms with Gasteiger partial charge < -0.3 is 0 Å². The lowest BCUT2D eigenvalue weighted by Crippen LogP contribution is -2.44. The minimum atomic E-state index is -0.208. The van der Waals surface area contributed by atoms with Gasteiger partial charge in [-0.25, -0.2) is 0 Å². The molecule has 0 aromatic rings. The number of rotatable bonds is 3. The van der Waals surface area contributed by atoms with E-state index >= 15 is 0 Å². The molecule has 1 unspecified atom stereocenters. The van der Waals surface area contributed by atoms with Crippen molar-refractivity contribution in [1.82, 2.24) is 4.90 Å². The van der Waals surface area contributed by atoms with Gasteiger partial charge in [-0.3, -0.25) is 9.69 Å². The molecule has 0 N–H and O–H groups in total. The van der Waals surface area contributed by atoms with Crippen LogP contribution < -0.4 is 0 Å². The summed E-state index contributed by atoms with van der Waals surface area (Å²) in [5.41, 5.74) is -0.208. The second-order valence-corrected chi connectivity index (χ2v) is 6.43. The summed E-state index contributed by atoms with van der Waals surface area (Å²) in [5, 5.41) is 0. The van der Waals surface area contributed by atoms with Crippen molar-refractivity contribution in [3.8, 4) is 0 Å². The van der Waals surface area contributed by atoms with E-state index in [9.17, 15) is 4.79 Å². The van der Waals surface area contributed by atoms with Gasteiger partial charge in [-0.2, -0.15) is 0 Å². The van der Waals surface area contributed by atoms with Gasteiger partial charge in [0.1, 0.15) is 0 Å². The lowest BCUT2D eigenvalue weighted by atomic mass is 9.84. The van der Waals surface area contributed by atoms with Crippen molar-refractivity contribution in [3.05, 3.63) is 0 Å². The highest BCUT2D eigenvalue weighted by Crippen LogP contribution is 2.32. The summed E-state index contributed by atoms with van der Waals surface area (Å²) in [4.78, 5) is 14.8. The van der Waals surface area contributed by atoms with Crippen LogP contribution in [-0.4, -0.2) is 29.3 Å². The monoisotopic (exact) mass is 225 g/mol. The number of likely N-dealkylation sites (tertiary alicyclic amines) is 1. The quantitative estimate of drug-likeness (QED) is 0.735. The average molecular weight is 225 g/mol. The van der Waals surface area contributed by atoms with Crippen LogP contribution in [0.4, 0.5) is 0 Å². The van der Waals surface area contributed by atoms with Gasteiger partial charge in [0, 0.05) is 18.0 Å². The molecular formula is C14H27NO. The smallest absolute Gasteiger partial charge is 0.155 e. The molecule has 16 heavy (non-hydrogen) atoms. The minimum absolute atomic E-state index is 0.157. The van der Waals surface area contributed by atoms with Gasteiger partial charge in [0.15, 0.2) is 5.78 Å². The highest BCUT2D eigenvalue weighted by Gasteiger charge is 2.40. The Kier molecular flexibility index (Phi) is 4.17. The summed E-state index contributed by atoms with van der Waals surface area (Å²) in [7, 11) is 0. The molecule has 0 aromatic heterocycles. The second-order valence-electron chi connectivity index (χ2n) is 6.43. The number of hydrogen-bond acceptors (Lipinski definition) is 2. The number of nitrogens with zero attached hydrogens (tertiary/aromatic N) is 1. The molecule has 94 valence electrons. The highest BCUT2D eigenvalue weighted by atomic mass is 16.1. The lowest BCUT2D eigenvalue weighted by Gasteiger charge is -2.31. The van der Waals surface area contributed by atoms with Crippen molar-refractivity contribution in [1.29, 1.82) is 0 Å². The summed E-state index contributed by atoms with van der Waals surface area (Å²) in [6, 6.07) is 0.637. The Morgan fingerprint density at radius 1 is 1.38 bits per heavy atom. The van der Waals surface area contributed by atoms with Crippen molar-refractivity contribution >= 4 is 5.78 Å². The molecule has 2 heteroatoms. The van der Waals surface area contributed by atoms with Gasteiger partial charge in [0.25, 0.3) is 0 Å². The van der Waals surface area contributed by atoms with Crippen molar-refractivity contribution < 1.29 is 4.79 Å². The van der Waals surface area contributed by atoms with Crippen molar-refractivity contribution in [2.75, 3.05) is 6.54 Å². The maximum absolute atomic E-state index is 12.4. The van der Waals surface area contributed by atoms with Crippen LogP contribution in [0.5, 0.6) is 0 Å². The Morgan fingerprint density at radius 2 is 1.94 bits per heavy atom. The molecule has 1 heterocycles. The molecule has 1 saturated heterocycles. The Bertz CT molecular complexity index is 252. The van der Waals surface area contributed by atoms with Crippen molar-refractivity contribution in [2.45, 2.75) is 66.5 Å². The first-order valence-corrected chi connectivity index (χ1v) is 6.57. The molecule has 1 rings (SSSR count). The predicted octanol–water partition coefficient (Wildman–Crippen LogP) is 3.11. The van der Waals surface area contributed by atoms with Gasteiger partial charge in [-0.1, -0.05) is 34.1 Å². The summed E-state index contributed by atoms with van der Waals surface area (Å²) in [5.74, 6) is 1.12. The van der Waals surface area contributed by atoms with Crippen LogP contribution in [0, 0.1) is 11.3 Å². The van der Waals surface area contributed by atoms with Crippen LogP contribution in [0.1, 0.15) is 54.4 Å². The zero-order chi connectivity index (χ0) is 12.5. The topological polar surface area (TPSA) is 20.3 Å². The van der Waals surface area contributed by atoms with E-state index in [1.165, 1.54) is 6.42 Å². The largest absolute Gasteiger partial charge is 0.297 e. The van der Waals surface area contributed by atoms with Gasteiger partial charge in [-0.15, -0.1) is 0 Å². The Labute approximate surface area is 100 Å². The molecule has 0 aliphatic carbocycles. The molecule has 0 spiro atoms. The van der Waals surface area contributed by atoms with E-state index in [1.807, 2.05) is 20.8 Å². The van der Waals surface area contributed by atoms with Crippen molar-refractivity contribution in [3.63, 3.8) is 0 Å². The number of hydrogen-bond donors (Lipinski definition) is 0. The number of Topliss-reactive ketones (excluding diaryl/α,β-unsaturated/α-hetero) is 1. The minimum Gasteiger partial charge on any atom is -0.297 e. The van der Waals surface area contributed by atoms with E-state index in [0.29, 0.717) is 17.7 Å². The third kappa shape index (κ3) is 2.85. The molecule has 0 amide bonds. The molecule has 1 aliphatic rings. The third-order valence-corrected chi connectivity index (χ3v) is 3.71. The summed E-state index contributed by atoms with van der Waals surface area (Å²) in [6.45, 7) is 13.8. The number of carbonyl (C=O) groups excluding carboxylic acids is 1. The molecule has 0 radical (unpaired) electrons. The van der Waals surface area contributed by atoms with Crippen LogP contribution >= 0.6 is 0 Å². The first kappa shape index (κ1) is 13.7. The molecule has 0 saturated carbocycles. The van der Waals surface area contributed by atoms with Crippen LogP contribution in [0.3, 0.4) is 0 Å². The molecule has 2 atom stereocenters. The van der Waals surface area contributed by atoms with Gasteiger partial charge in [-0.05, 0) is 26.2 Å². The van der Waals surface area contributed by atoms with Crippen LogP contribution in [0.25, 0.3) is 0 Å². The van der Waals surface area contributed by atoms with Crippen LogP contribution in [-0.2, 0) is 4.79 Å². The standard InChI is InChI=1S/C14H27NO/c1-7-11-8-12(13(16)14(4,5)6)15(9-11)10(2)3/h10-12H,7-9H2,1-6H3/t11-,12?/m1/s1. The summed E-state index contributed by atoms with van der Waals surface area (Å²) < 4.78 is 0. The van der Waals surface area contributed by atoms with Crippen molar-refractivity contribution in [2.24, 2.45) is 11.3 Å². The van der Waals surface area contributed by atoms with E-state index in [-0.39, 0.29) is 11.5 Å². The third-order valence-electron chi connectivity index (χ3n) is 3.71. The summed E-state index contributed by atoms with van der Waals surface area (Å²) >= 11 is 0. The molecule has 0 bridgehead atoms. The van der Waals surface area contributed by atoms with E-state index < -0.39 is 0 Å². The number of ketones is 1.